The molecule has 2 rings (SSSR count). The van der Waals surface area contributed by atoms with Crippen molar-refractivity contribution in [3.8, 4) is 0 Å². The number of carbonyl (C=O) groups excluding carboxylic acids is 2. The van der Waals surface area contributed by atoms with Crippen LogP contribution >= 0.6 is 23.4 Å². The van der Waals surface area contributed by atoms with Gasteiger partial charge in [-0.3, -0.25) is 4.79 Å². The van der Waals surface area contributed by atoms with E-state index in [4.69, 9.17) is 11.6 Å². The molecule has 5 nitrogen and oxygen atoms in total. The zero-order chi connectivity index (χ0) is 16.1. The van der Waals surface area contributed by atoms with Crippen LogP contribution in [0.25, 0.3) is 0 Å². The van der Waals surface area contributed by atoms with E-state index in [0.717, 1.165) is 0 Å². The summed E-state index contributed by atoms with van der Waals surface area (Å²) in [6, 6.07) is 6.85. The van der Waals surface area contributed by atoms with Crippen LogP contribution in [0.2, 0.25) is 5.02 Å². The van der Waals surface area contributed by atoms with Gasteiger partial charge < -0.3 is 15.1 Å². The summed E-state index contributed by atoms with van der Waals surface area (Å²) in [5, 5.41) is 3.44. The van der Waals surface area contributed by atoms with E-state index in [9.17, 15) is 9.59 Å². The maximum Gasteiger partial charge on any atom is 0.321 e. The van der Waals surface area contributed by atoms with Gasteiger partial charge in [-0.15, -0.1) is 0 Å². The molecule has 1 aromatic carbocycles. The molecular formula is C15H20ClN3O2S. The summed E-state index contributed by atoms with van der Waals surface area (Å²) in [7, 11) is 0. The van der Waals surface area contributed by atoms with Crippen LogP contribution in [0, 0.1) is 0 Å². The fourth-order valence-electron chi connectivity index (χ4n) is 2.22. The second-order valence-corrected chi connectivity index (χ2v) is 6.74. The monoisotopic (exact) mass is 341 g/mol. The predicted molar refractivity (Wildman–Crippen MR) is 91.6 cm³/mol. The summed E-state index contributed by atoms with van der Waals surface area (Å²) < 4.78 is 0. The molecule has 1 atom stereocenters. The van der Waals surface area contributed by atoms with Crippen LogP contribution in [0.15, 0.2) is 24.3 Å². The number of amides is 3. The molecule has 1 fully saturated rings. The number of anilines is 1. The maximum absolute atomic E-state index is 12.2. The van der Waals surface area contributed by atoms with Crippen LogP contribution in [0.4, 0.5) is 10.5 Å². The Morgan fingerprint density at radius 2 is 1.68 bits per heavy atom. The lowest BCUT2D eigenvalue weighted by Crippen LogP contribution is -2.53. The standard InChI is InChI=1S/C15H20ClN3O2S/c1-11(22-2)14(20)18-7-9-19(10-8-18)15(21)17-13-5-3-12(16)4-6-13/h3-6,11H,7-10H2,1-2H3,(H,17,21). The lowest BCUT2D eigenvalue weighted by molar-refractivity contribution is -0.131. The molecule has 22 heavy (non-hydrogen) atoms. The third-order valence-corrected chi connectivity index (χ3v) is 4.84. The van der Waals surface area contributed by atoms with Crippen molar-refractivity contribution < 1.29 is 9.59 Å². The SMILES string of the molecule is CSC(C)C(=O)N1CCN(C(=O)Nc2ccc(Cl)cc2)CC1. The first-order valence-corrected chi connectivity index (χ1v) is 8.81. The second kappa shape index (κ2) is 7.74. The summed E-state index contributed by atoms with van der Waals surface area (Å²) in [5.41, 5.74) is 0.712. The number of hydrogen-bond acceptors (Lipinski definition) is 3. The van der Waals surface area contributed by atoms with Crippen molar-refractivity contribution in [3.05, 3.63) is 29.3 Å². The smallest absolute Gasteiger partial charge is 0.321 e. The molecule has 1 unspecified atom stereocenters. The lowest BCUT2D eigenvalue weighted by atomic mass is 10.3. The number of hydrogen-bond donors (Lipinski definition) is 1. The van der Waals surface area contributed by atoms with Crippen molar-refractivity contribution in [2.24, 2.45) is 0 Å². The van der Waals surface area contributed by atoms with E-state index in [1.807, 2.05) is 18.1 Å². The molecule has 1 N–H and O–H groups in total. The van der Waals surface area contributed by atoms with Crippen molar-refractivity contribution in [2.45, 2.75) is 12.2 Å². The number of thioether (sulfide) groups is 1. The molecule has 120 valence electrons. The topological polar surface area (TPSA) is 52.7 Å². The van der Waals surface area contributed by atoms with Crippen molar-refractivity contribution >= 4 is 41.0 Å². The molecule has 0 radical (unpaired) electrons. The highest BCUT2D eigenvalue weighted by molar-refractivity contribution is 7.99. The minimum Gasteiger partial charge on any atom is -0.338 e. The fourth-order valence-corrected chi connectivity index (χ4v) is 2.70. The Balaban J connectivity index is 1.84. The summed E-state index contributed by atoms with van der Waals surface area (Å²) in [4.78, 5) is 27.8. The van der Waals surface area contributed by atoms with Crippen LogP contribution in [-0.2, 0) is 4.79 Å². The van der Waals surface area contributed by atoms with Gasteiger partial charge in [-0.05, 0) is 37.4 Å². The van der Waals surface area contributed by atoms with Crippen LogP contribution in [0.3, 0.4) is 0 Å². The molecule has 0 saturated carbocycles. The largest absolute Gasteiger partial charge is 0.338 e. The maximum atomic E-state index is 12.2. The average Bonchev–Trinajstić information content (AvgIpc) is 2.55. The molecular weight excluding hydrogens is 322 g/mol. The van der Waals surface area contributed by atoms with Crippen molar-refractivity contribution in [1.82, 2.24) is 9.80 Å². The van der Waals surface area contributed by atoms with Crippen LogP contribution < -0.4 is 5.32 Å². The van der Waals surface area contributed by atoms with Gasteiger partial charge in [0, 0.05) is 36.9 Å². The van der Waals surface area contributed by atoms with E-state index in [1.165, 1.54) is 0 Å². The Bertz CT molecular complexity index is 530. The molecule has 0 aliphatic carbocycles. The van der Waals surface area contributed by atoms with Gasteiger partial charge in [-0.1, -0.05) is 11.6 Å². The highest BCUT2D eigenvalue weighted by Gasteiger charge is 2.26. The fraction of sp³-hybridized carbons (Fsp3) is 0.467. The van der Waals surface area contributed by atoms with Crippen LogP contribution in [-0.4, -0.2) is 59.4 Å². The number of rotatable bonds is 3. The van der Waals surface area contributed by atoms with E-state index in [2.05, 4.69) is 5.32 Å². The van der Waals surface area contributed by atoms with Gasteiger partial charge >= 0.3 is 6.03 Å². The Morgan fingerprint density at radius 3 is 2.23 bits per heavy atom. The Kier molecular flexibility index (Phi) is 5.97. The van der Waals surface area contributed by atoms with E-state index < -0.39 is 0 Å². The van der Waals surface area contributed by atoms with Crippen LogP contribution in [0.1, 0.15) is 6.92 Å². The number of nitrogens with zero attached hydrogens (tertiary/aromatic N) is 2. The zero-order valence-corrected chi connectivity index (χ0v) is 14.3. The third-order valence-electron chi connectivity index (χ3n) is 3.68. The molecule has 1 aromatic rings. The molecule has 3 amide bonds. The Hall–Kier alpha value is -1.40. The van der Waals surface area contributed by atoms with Crippen molar-refractivity contribution in [2.75, 3.05) is 37.8 Å². The first kappa shape index (κ1) is 17.0. The number of nitrogens with one attached hydrogen (secondary N) is 1. The van der Waals surface area contributed by atoms with Gasteiger partial charge in [0.2, 0.25) is 5.91 Å². The second-order valence-electron chi connectivity index (χ2n) is 5.13. The van der Waals surface area contributed by atoms with Gasteiger partial charge in [-0.25, -0.2) is 4.79 Å². The summed E-state index contributed by atoms with van der Waals surface area (Å²) in [6.45, 7) is 4.17. The molecule has 0 aromatic heterocycles. The minimum atomic E-state index is -0.146. The van der Waals surface area contributed by atoms with Crippen molar-refractivity contribution in [1.29, 1.82) is 0 Å². The summed E-state index contributed by atoms with van der Waals surface area (Å²) >= 11 is 7.36. The van der Waals surface area contributed by atoms with Crippen LogP contribution in [0.5, 0.6) is 0 Å². The van der Waals surface area contributed by atoms with E-state index in [1.54, 1.807) is 40.9 Å². The number of benzene rings is 1. The first-order chi connectivity index (χ1) is 10.5. The van der Waals surface area contributed by atoms with Gasteiger partial charge in [0.25, 0.3) is 0 Å². The first-order valence-electron chi connectivity index (χ1n) is 7.14. The van der Waals surface area contributed by atoms with E-state index >= 15 is 0 Å². The number of piperazine rings is 1. The van der Waals surface area contributed by atoms with E-state index in [-0.39, 0.29) is 17.2 Å². The Morgan fingerprint density at radius 1 is 1.14 bits per heavy atom. The molecule has 1 aliphatic rings. The molecule has 0 spiro atoms. The van der Waals surface area contributed by atoms with Crippen molar-refractivity contribution in [3.63, 3.8) is 0 Å². The van der Waals surface area contributed by atoms with Gasteiger partial charge in [-0.2, -0.15) is 11.8 Å². The van der Waals surface area contributed by atoms with Gasteiger partial charge in [0.15, 0.2) is 0 Å². The zero-order valence-electron chi connectivity index (χ0n) is 12.7. The number of halogens is 1. The highest BCUT2D eigenvalue weighted by Crippen LogP contribution is 2.15. The quantitative estimate of drug-likeness (QED) is 0.919. The normalized spacial score (nSPS) is 16.3. The predicted octanol–water partition coefficient (Wildman–Crippen LogP) is 2.77. The molecule has 1 aliphatic heterocycles. The minimum absolute atomic E-state index is 0.0329. The van der Waals surface area contributed by atoms with E-state index in [0.29, 0.717) is 36.9 Å². The number of urea groups is 1. The molecule has 1 heterocycles. The summed E-state index contributed by atoms with van der Waals surface area (Å²) in [6.07, 6.45) is 1.93. The molecule has 7 heteroatoms. The van der Waals surface area contributed by atoms with Gasteiger partial charge in [0.1, 0.15) is 0 Å². The lowest BCUT2D eigenvalue weighted by Gasteiger charge is -2.35. The average molecular weight is 342 g/mol. The number of carbonyl (C=O) groups is 2. The highest BCUT2D eigenvalue weighted by atomic mass is 35.5. The van der Waals surface area contributed by atoms with Gasteiger partial charge in [0.05, 0.1) is 5.25 Å². The third kappa shape index (κ3) is 4.30. The summed E-state index contributed by atoms with van der Waals surface area (Å²) in [5.74, 6) is 0.144. The molecule has 0 bridgehead atoms. The molecule has 1 saturated heterocycles. The Labute approximate surface area is 140 Å².